The van der Waals surface area contributed by atoms with Crippen molar-refractivity contribution in [2.24, 2.45) is 0 Å². The van der Waals surface area contributed by atoms with Gasteiger partial charge in [-0.3, -0.25) is 4.90 Å². The Labute approximate surface area is 114 Å². The van der Waals surface area contributed by atoms with Crippen LogP contribution >= 0.6 is 0 Å². The molecule has 0 radical (unpaired) electrons. The summed E-state index contributed by atoms with van der Waals surface area (Å²) in [5.74, 6) is 0.484. The Morgan fingerprint density at radius 3 is 2.80 bits per heavy atom. The summed E-state index contributed by atoms with van der Waals surface area (Å²) in [7, 11) is 0. The van der Waals surface area contributed by atoms with Crippen LogP contribution in [0.15, 0.2) is 22.6 Å². The number of aromatic nitrogens is 1. The number of hydrogen-bond donors (Lipinski definition) is 0. The maximum Gasteiger partial charge on any atom is 0.416 e. The second-order valence-electron chi connectivity index (χ2n) is 5.11. The number of hydrogen-bond acceptors (Lipinski definition) is 3. The Morgan fingerprint density at radius 2 is 2.20 bits per heavy atom. The third-order valence-corrected chi connectivity index (χ3v) is 3.83. The van der Waals surface area contributed by atoms with E-state index >= 15 is 0 Å². The summed E-state index contributed by atoms with van der Waals surface area (Å²) in [5.41, 5.74) is -0.0230. The zero-order valence-electron chi connectivity index (χ0n) is 11.1. The number of oxazole rings is 1. The van der Waals surface area contributed by atoms with Crippen LogP contribution in [0.3, 0.4) is 0 Å². The van der Waals surface area contributed by atoms with E-state index in [0.29, 0.717) is 24.1 Å². The van der Waals surface area contributed by atoms with Gasteiger partial charge in [-0.15, -0.1) is 0 Å². The zero-order chi connectivity index (χ0) is 14.3. The van der Waals surface area contributed by atoms with Crippen molar-refractivity contribution in [3.05, 3.63) is 29.7 Å². The van der Waals surface area contributed by atoms with E-state index in [4.69, 9.17) is 4.42 Å². The largest absolute Gasteiger partial charge is 0.439 e. The minimum absolute atomic E-state index is 0.267. The maximum atomic E-state index is 12.6. The van der Waals surface area contributed by atoms with Gasteiger partial charge in [-0.2, -0.15) is 13.2 Å². The predicted octanol–water partition coefficient (Wildman–Crippen LogP) is 3.83. The number of rotatable bonds is 3. The standard InChI is InChI=1S/C14H15F3N2O/c1-2-10-5-6-19(10)8-13-18-11-7-9(14(15,16)17)3-4-12(11)20-13/h3-4,7,10H,2,5-6,8H2,1H3/t10-/m0/s1. The lowest BCUT2D eigenvalue weighted by atomic mass is 10.0. The van der Waals surface area contributed by atoms with Gasteiger partial charge in [0, 0.05) is 12.6 Å². The second-order valence-corrected chi connectivity index (χ2v) is 5.11. The summed E-state index contributed by atoms with van der Waals surface area (Å²) in [5, 5.41) is 0. The highest BCUT2D eigenvalue weighted by molar-refractivity contribution is 5.73. The molecule has 0 bridgehead atoms. The van der Waals surface area contributed by atoms with Crippen LogP contribution in [0.4, 0.5) is 13.2 Å². The van der Waals surface area contributed by atoms with Gasteiger partial charge in [-0.25, -0.2) is 4.98 Å². The molecule has 1 aliphatic heterocycles. The molecule has 108 valence electrons. The van der Waals surface area contributed by atoms with Crippen molar-refractivity contribution in [1.29, 1.82) is 0 Å². The molecule has 0 amide bonds. The van der Waals surface area contributed by atoms with E-state index in [1.165, 1.54) is 6.07 Å². The van der Waals surface area contributed by atoms with Crippen molar-refractivity contribution in [2.45, 2.75) is 38.5 Å². The zero-order valence-corrected chi connectivity index (χ0v) is 11.1. The average molecular weight is 284 g/mol. The van der Waals surface area contributed by atoms with Gasteiger partial charge in [0.05, 0.1) is 12.1 Å². The summed E-state index contributed by atoms with van der Waals surface area (Å²) < 4.78 is 43.4. The third-order valence-electron chi connectivity index (χ3n) is 3.83. The number of likely N-dealkylation sites (tertiary alicyclic amines) is 1. The van der Waals surface area contributed by atoms with E-state index < -0.39 is 11.7 Å². The summed E-state index contributed by atoms with van der Waals surface area (Å²) in [6.07, 6.45) is -2.12. The van der Waals surface area contributed by atoms with Crippen molar-refractivity contribution in [1.82, 2.24) is 9.88 Å². The third kappa shape index (κ3) is 2.40. The molecule has 1 atom stereocenters. The first-order valence-electron chi connectivity index (χ1n) is 6.68. The number of nitrogens with zero attached hydrogens (tertiary/aromatic N) is 2. The minimum Gasteiger partial charge on any atom is -0.439 e. The van der Waals surface area contributed by atoms with Crippen molar-refractivity contribution < 1.29 is 17.6 Å². The van der Waals surface area contributed by atoms with Gasteiger partial charge in [-0.1, -0.05) is 6.92 Å². The normalized spacial score (nSPS) is 20.3. The molecule has 3 nitrogen and oxygen atoms in total. The molecular formula is C14H15F3N2O. The number of halogens is 3. The molecule has 3 rings (SSSR count). The van der Waals surface area contributed by atoms with Crippen LogP contribution in [0.1, 0.15) is 31.2 Å². The monoisotopic (exact) mass is 284 g/mol. The molecule has 0 spiro atoms. The van der Waals surface area contributed by atoms with Crippen molar-refractivity contribution in [3.8, 4) is 0 Å². The molecule has 1 aromatic heterocycles. The molecule has 2 aromatic rings. The highest BCUT2D eigenvalue weighted by Gasteiger charge is 2.31. The van der Waals surface area contributed by atoms with Crippen LogP contribution in [0, 0.1) is 0 Å². The van der Waals surface area contributed by atoms with Gasteiger partial charge >= 0.3 is 6.18 Å². The van der Waals surface area contributed by atoms with Crippen molar-refractivity contribution >= 4 is 11.1 Å². The lowest BCUT2D eigenvalue weighted by molar-refractivity contribution is -0.137. The van der Waals surface area contributed by atoms with E-state index in [2.05, 4.69) is 16.8 Å². The summed E-state index contributed by atoms with van der Waals surface area (Å²) in [6.45, 7) is 3.68. The van der Waals surface area contributed by atoms with Crippen LogP contribution in [-0.4, -0.2) is 22.5 Å². The highest BCUT2D eigenvalue weighted by Crippen LogP contribution is 2.32. The summed E-state index contributed by atoms with van der Waals surface area (Å²) in [6, 6.07) is 3.93. The number of fused-ring (bicyclic) bond motifs is 1. The van der Waals surface area contributed by atoms with Crippen LogP contribution in [-0.2, 0) is 12.7 Å². The van der Waals surface area contributed by atoms with Crippen LogP contribution < -0.4 is 0 Å². The van der Waals surface area contributed by atoms with Gasteiger partial charge in [0.2, 0.25) is 5.89 Å². The fourth-order valence-electron chi connectivity index (χ4n) is 2.56. The lowest BCUT2D eigenvalue weighted by Crippen LogP contribution is -2.46. The molecule has 0 unspecified atom stereocenters. The number of benzene rings is 1. The van der Waals surface area contributed by atoms with Gasteiger partial charge in [0.15, 0.2) is 5.58 Å². The Morgan fingerprint density at radius 1 is 1.40 bits per heavy atom. The average Bonchev–Trinajstić information content (AvgIpc) is 2.75. The second kappa shape index (κ2) is 4.77. The van der Waals surface area contributed by atoms with Crippen LogP contribution in [0.2, 0.25) is 0 Å². The molecular weight excluding hydrogens is 269 g/mol. The van der Waals surface area contributed by atoms with Crippen LogP contribution in [0.5, 0.6) is 0 Å². The molecule has 1 aromatic carbocycles. The summed E-state index contributed by atoms with van der Waals surface area (Å²) in [4.78, 5) is 6.40. The molecule has 1 aliphatic rings. The molecule has 2 heterocycles. The fraction of sp³-hybridized carbons (Fsp3) is 0.500. The Balaban J connectivity index is 1.83. The van der Waals surface area contributed by atoms with Crippen molar-refractivity contribution in [2.75, 3.05) is 6.54 Å². The molecule has 20 heavy (non-hydrogen) atoms. The smallest absolute Gasteiger partial charge is 0.416 e. The van der Waals surface area contributed by atoms with E-state index in [0.717, 1.165) is 31.5 Å². The topological polar surface area (TPSA) is 29.3 Å². The highest BCUT2D eigenvalue weighted by atomic mass is 19.4. The van der Waals surface area contributed by atoms with Crippen molar-refractivity contribution in [3.63, 3.8) is 0 Å². The quantitative estimate of drug-likeness (QED) is 0.857. The van der Waals surface area contributed by atoms with E-state index in [1.807, 2.05) is 0 Å². The molecule has 0 N–H and O–H groups in total. The Hall–Kier alpha value is -1.56. The van der Waals surface area contributed by atoms with Gasteiger partial charge in [-0.05, 0) is 31.0 Å². The minimum atomic E-state index is -4.35. The molecule has 1 fully saturated rings. The van der Waals surface area contributed by atoms with Crippen LogP contribution in [0.25, 0.3) is 11.1 Å². The first-order valence-corrected chi connectivity index (χ1v) is 6.68. The Kier molecular flexibility index (Phi) is 3.20. The molecule has 0 saturated carbocycles. The summed E-state index contributed by atoms with van der Waals surface area (Å²) >= 11 is 0. The Bertz CT molecular complexity index is 618. The molecule has 6 heteroatoms. The molecule has 1 saturated heterocycles. The first-order chi connectivity index (χ1) is 9.47. The predicted molar refractivity (Wildman–Crippen MR) is 68.1 cm³/mol. The fourth-order valence-corrected chi connectivity index (χ4v) is 2.56. The van der Waals surface area contributed by atoms with E-state index in [-0.39, 0.29) is 5.52 Å². The van der Waals surface area contributed by atoms with Gasteiger partial charge in [0.25, 0.3) is 0 Å². The lowest BCUT2D eigenvalue weighted by Gasteiger charge is -2.39. The van der Waals surface area contributed by atoms with Gasteiger partial charge in [0.1, 0.15) is 5.52 Å². The number of alkyl halides is 3. The van der Waals surface area contributed by atoms with E-state index in [9.17, 15) is 13.2 Å². The maximum absolute atomic E-state index is 12.6. The van der Waals surface area contributed by atoms with E-state index in [1.54, 1.807) is 0 Å². The molecule has 0 aliphatic carbocycles. The first kappa shape index (κ1) is 13.4. The SMILES string of the molecule is CC[C@H]1CCN1Cc1nc2cc(C(F)(F)F)ccc2o1. The van der Waals surface area contributed by atoms with Gasteiger partial charge < -0.3 is 4.42 Å².